The molecular weight excluding hydrogens is 458 g/mol. The van der Waals surface area contributed by atoms with E-state index in [1.165, 1.54) is 42.6 Å². The van der Waals surface area contributed by atoms with Crippen molar-refractivity contribution in [3.8, 4) is 5.75 Å². The first-order valence-electron chi connectivity index (χ1n) is 10.6. The molecule has 3 rings (SSSR count). The molecule has 184 valence electrons. The zero-order chi connectivity index (χ0) is 25.1. The standard InChI is InChI=1S/C23H25F4N3O4/c1-22(2,3)34-21(32)30-12-6-10-17(30)18(23(25,26)27)33-15-8-4-7-14(13-15)29-20(31)16-9-5-11-28-19(16)24/h4-5,7-9,11,13,17-18H,6,10,12H2,1-3H3,(H,29,31). The second-order valence-corrected chi connectivity index (χ2v) is 8.79. The Balaban J connectivity index is 1.79. The number of carbonyl (C=O) groups is 2. The molecule has 34 heavy (non-hydrogen) atoms. The zero-order valence-electron chi connectivity index (χ0n) is 18.9. The van der Waals surface area contributed by atoms with Crippen LogP contribution in [0.4, 0.5) is 28.0 Å². The molecule has 2 aromatic rings. The molecule has 0 radical (unpaired) electrons. The van der Waals surface area contributed by atoms with Crippen molar-refractivity contribution in [1.29, 1.82) is 0 Å². The maximum absolute atomic E-state index is 14.0. The number of halogens is 4. The molecule has 1 aliphatic heterocycles. The number of anilines is 1. The van der Waals surface area contributed by atoms with E-state index >= 15 is 0 Å². The molecule has 2 unspecified atom stereocenters. The lowest BCUT2D eigenvalue weighted by atomic mass is 10.1. The first-order chi connectivity index (χ1) is 15.8. The largest absolute Gasteiger partial charge is 0.479 e. The summed E-state index contributed by atoms with van der Waals surface area (Å²) < 4.78 is 66.3. The van der Waals surface area contributed by atoms with Gasteiger partial charge in [-0.2, -0.15) is 17.6 Å². The first-order valence-corrected chi connectivity index (χ1v) is 10.6. The zero-order valence-corrected chi connectivity index (χ0v) is 18.9. The molecule has 1 N–H and O–H groups in total. The number of benzene rings is 1. The maximum Gasteiger partial charge on any atom is 0.427 e. The van der Waals surface area contributed by atoms with E-state index in [1.54, 1.807) is 20.8 Å². The monoisotopic (exact) mass is 483 g/mol. The van der Waals surface area contributed by atoms with Crippen LogP contribution in [-0.2, 0) is 4.74 Å². The minimum Gasteiger partial charge on any atom is -0.479 e. The van der Waals surface area contributed by atoms with Gasteiger partial charge >= 0.3 is 12.3 Å². The van der Waals surface area contributed by atoms with E-state index in [0.717, 1.165) is 4.90 Å². The van der Waals surface area contributed by atoms with Crippen molar-refractivity contribution in [2.24, 2.45) is 0 Å². The van der Waals surface area contributed by atoms with E-state index in [1.807, 2.05) is 0 Å². The highest BCUT2D eigenvalue weighted by molar-refractivity contribution is 6.04. The highest BCUT2D eigenvalue weighted by atomic mass is 19.4. The number of carbonyl (C=O) groups excluding carboxylic acids is 2. The van der Waals surface area contributed by atoms with Crippen LogP contribution in [0.5, 0.6) is 5.75 Å². The Hall–Kier alpha value is -3.37. The third kappa shape index (κ3) is 6.36. The predicted octanol–water partition coefficient (Wildman–Crippen LogP) is 5.18. The van der Waals surface area contributed by atoms with E-state index in [9.17, 15) is 27.2 Å². The topological polar surface area (TPSA) is 80.8 Å². The van der Waals surface area contributed by atoms with Crippen LogP contribution in [-0.4, -0.2) is 52.4 Å². The van der Waals surface area contributed by atoms with Crippen LogP contribution in [0.2, 0.25) is 0 Å². The van der Waals surface area contributed by atoms with Crippen LogP contribution in [0, 0.1) is 5.95 Å². The number of pyridine rings is 1. The Morgan fingerprint density at radius 3 is 2.56 bits per heavy atom. The first kappa shape index (κ1) is 25.3. The van der Waals surface area contributed by atoms with Crippen molar-refractivity contribution in [1.82, 2.24) is 9.88 Å². The third-order valence-corrected chi connectivity index (χ3v) is 4.96. The molecule has 7 nitrogen and oxygen atoms in total. The van der Waals surface area contributed by atoms with Gasteiger partial charge in [-0.1, -0.05) is 6.07 Å². The molecule has 1 aliphatic rings. The molecule has 1 aromatic carbocycles. The van der Waals surface area contributed by atoms with Crippen LogP contribution in [0.1, 0.15) is 44.0 Å². The predicted molar refractivity (Wildman–Crippen MR) is 115 cm³/mol. The molecule has 1 saturated heterocycles. The van der Waals surface area contributed by atoms with Crippen molar-refractivity contribution in [2.45, 2.75) is 57.5 Å². The van der Waals surface area contributed by atoms with Gasteiger partial charge in [-0.05, 0) is 57.9 Å². The van der Waals surface area contributed by atoms with E-state index in [4.69, 9.17) is 9.47 Å². The second-order valence-electron chi connectivity index (χ2n) is 8.79. The number of rotatable bonds is 5. The van der Waals surface area contributed by atoms with Crippen LogP contribution in [0.15, 0.2) is 42.6 Å². The summed E-state index contributed by atoms with van der Waals surface area (Å²) in [6.07, 6.45) is -6.31. The normalized spacial score (nSPS) is 17.3. The van der Waals surface area contributed by atoms with Gasteiger partial charge in [-0.15, -0.1) is 0 Å². The molecule has 0 saturated carbocycles. The summed E-state index contributed by atoms with van der Waals surface area (Å²) in [6.45, 7) is 5.00. The number of nitrogens with zero attached hydrogens (tertiary/aromatic N) is 2. The number of hydrogen-bond acceptors (Lipinski definition) is 5. The molecule has 0 bridgehead atoms. The molecule has 0 spiro atoms. The maximum atomic E-state index is 14.0. The van der Waals surface area contributed by atoms with Crippen molar-refractivity contribution < 1.29 is 36.6 Å². The second kappa shape index (κ2) is 9.86. The smallest absolute Gasteiger partial charge is 0.427 e. The Labute approximate surface area is 194 Å². The van der Waals surface area contributed by atoms with Crippen molar-refractivity contribution in [3.63, 3.8) is 0 Å². The van der Waals surface area contributed by atoms with Gasteiger partial charge in [0.1, 0.15) is 11.4 Å². The number of amides is 2. The number of nitrogens with one attached hydrogen (secondary N) is 1. The highest BCUT2D eigenvalue weighted by Crippen LogP contribution is 2.35. The van der Waals surface area contributed by atoms with Crippen molar-refractivity contribution in [2.75, 3.05) is 11.9 Å². The number of hydrogen-bond donors (Lipinski definition) is 1. The van der Waals surface area contributed by atoms with E-state index in [-0.39, 0.29) is 30.0 Å². The summed E-state index contributed by atoms with van der Waals surface area (Å²) in [4.78, 5) is 29.2. The van der Waals surface area contributed by atoms with Crippen LogP contribution >= 0.6 is 0 Å². The summed E-state index contributed by atoms with van der Waals surface area (Å²) in [5.41, 5.74) is -1.08. The van der Waals surface area contributed by atoms with E-state index in [0.29, 0.717) is 6.42 Å². The molecule has 2 heterocycles. The quantitative estimate of drug-likeness (QED) is 0.468. The van der Waals surface area contributed by atoms with Gasteiger partial charge in [0.2, 0.25) is 12.1 Å². The highest BCUT2D eigenvalue weighted by Gasteiger charge is 2.52. The SMILES string of the molecule is CC(C)(C)OC(=O)N1CCCC1C(Oc1cccc(NC(=O)c2cccnc2F)c1)C(F)(F)F. The Morgan fingerprint density at radius 2 is 1.91 bits per heavy atom. The Kier molecular flexibility index (Phi) is 7.32. The van der Waals surface area contributed by atoms with Gasteiger partial charge in [0.05, 0.1) is 11.6 Å². The van der Waals surface area contributed by atoms with Gasteiger partial charge in [0.25, 0.3) is 5.91 Å². The summed E-state index contributed by atoms with van der Waals surface area (Å²) in [6, 6.07) is 6.62. The third-order valence-electron chi connectivity index (χ3n) is 4.96. The van der Waals surface area contributed by atoms with Gasteiger partial charge in [-0.25, -0.2) is 9.78 Å². The number of likely N-dealkylation sites (tertiary alicyclic amines) is 1. The summed E-state index contributed by atoms with van der Waals surface area (Å²) >= 11 is 0. The number of ether oxygens (including phenoxy) is 2. The van der Waals surface area contributed by atoms with Crippen molar-refractivity contribution >= 4 is 17.7 Å². The molecule has 1 fully saturated rings. The summed E-state index contributed by atoms with van der Waals surface area (Å²) in [5, 5.41) is 2.41. The molecule has 2 atom stereocenters. The molecular formula is C23H25F4N3O4. The summed E-state index contributed by atoms with van der Waals surface area (Å²) in [7, 11) is 0. The fourth-order valence-electron chi connectivity index (χ4n) is 3.57. The van der Waals surface area contributed by atoms with Crippen LogP contribution < -0.4 is 10.1 Å². The molecule has 11 heteroatoms. The van der Waals surface area contributed by atoms with Crippen LogP contribution in [0.3, 0.4) is 0 Å². The fourth-order valence-corrected chi connectivity index (χ4v) is 3.57. The number of alkyl halides is 3. The van der Waals surface area contributed by atoms with Gasteiger partial charge < -0.3 is 19.7 Å². The fraction of sp³-hybridized carbons (Fsp3) is 0.435. The lowest BCUT2D eigenvalue weighted by molar-refractivity contribution is -0.208. The molecule has 2 amide bonds. The van der Waals surface area contributed by atoms with Crippen LogP contribution in [0.25, 0.3) is 0 Å². The lowest BCUT2D eigenvalue weighted by Gasteiger charge is -2.34. The minimum atomic E-state index is -4.78. The van der Waals surface area contributed by atoms with Gasteiger partial charge in [-0.3, -0.25) is 4.79 Å². The van der Waals surface area contributed by atoms with Gasteiger partial charge in [0.15, 0.2) is 0 Å². The van der Waals surface area contributed by atoms with Crippen molar-refractivity contribution in [3.05, 3.63) is 54.1 Å². The Bertz CT molecular complexity index is 1040. The summed E-state index contributed by atoms with van der Waals surface area (Å²) in [5.74, 6) is -1.97. The lowest BCUT2D eigenvalue weighted by Crippen LogP contribution is -2.52. The minimum absolute atomic E-state index is 0.0835. The van der Waals surface area contributed by atoms with Gasteiger partial charge in [0, 0.05) is 24.5 Å². The van der Waals surface area contributed by atoms with E-state index in [2.05, 4.69) is 10.3 Å². The Morgan fingerprint density at radius 1 is 1.18 bits per heavy atom. The molecule has 1 aromatic heterocycles. The average molecular weight is 483 g/mol. The number of aromatic nitrogens is 1. The average Bonchev–Trinajstić information content (AvgIpc) is 3.20. The van der Waals surface area contributed by atoms with E-state index < -0.39 is 41.9 Å². The molecule has 0 aliphatic carbocycles.